The molecule has 0 bridgehead atoms. The van der Waals surface area contributed by atoms with Gasteiger partial charge in [-0.2, -0.15) is 5.10 Å². The first kappa shape index (κ1) is 22.9. The highest BCUT2D eigenvalue weighted by Crippen LogP contribution is 2.34. The minimum Gasteiger partial charge on any atom is -0.373 e. The molecular formula is C27H28N6O2S. The van der Waals surface area contributed by atoms with E-state index in [1.807, 2.05) is 35.4 Å². The molecule has 2 aromatic carbocycles. The summed E-state index contributed by atoms with van der Waals surface area (Å²) in [5.74, 6) is -0.220. The molecule has 3 aromatic heterocycles. The van der Waals surface area contributed by atoms with Crippen molar-refractivity contribution in [1.82, 2.24) is 24.6 Å². The molecule has 8 nitrogen and oxygen atoms in total. The van der Waals surface area contributed by atoms with Crippen molar-refractivity contribution in [3.63, 3.8) is 0 Å². The maximum atomic E-state index is 13.3. The number of rotatable bonds is 5. The van der Waals surface area contributed by atoms with Crippen LogP contribution in [0.3, 0.4) is 0 Å². The molecule has 6 rings (SSSR count). The number of ether oxygens (including phenoxy) is 1. The molecule has 1 fully saturated rings. The summed E-state index contributed by atoms with van der Waals surface area (Å²) in [4.78, 5) is 23.5. The van der Waals surface area contributed by atoms with Gasteiger partial charge in [0.2, 0.25) is 0 Å². The van der Waals surface area contributed by atoms with Crippen molar-refractivity contribution in [1.29, 1.82) is 0 Å². The van der Waals surface area contributed by atoms with Gasteiger partial charge in [0.15, 0.2) is 0 Å². The molecule has 36 heavy (non-hydrogen) atoms. The summed E-state index contributed by atoms with van der Waals surface area (Å²) in [6.45, 7) is 7.33. The first-order chi connectivity index (χ1) is 17.4. The van der Waals surface area contributed by atoms with E-state index in [1.165, 1.54) is 11.3 Å². The highest BCUT2D eigenvalue weighted by Gasteiger charge is 2.27. The summed E-state index contributed by atoms with van der Waals surface area (Å²) in [6.07, 6.45) is 3.73. The van der Waals surface area contributed by atoms with Gasteiger partial charge in [-0.1, -0.05) is 12.1 Å². The van der Waals surface area contributed by atoms with Gasteiger partial charge in [-0.3, -0.25) is 14.4 Å². The number of amides is 1. The zero-order valence-electron chi connectivity index (χ0n) is 20.5. The van der Waals surface area contributed by atoms with E-state index in [0.717, 1.165) is 56.7 Å². The normalized spacial score (nSPS) is 16.1. The number of aryl methyl sites for hydroxylation is 1. The third kappa shape index (κ3) is 4.30. The van der Waals surface area contributed by atoms with Crippen molar-refractivity contribution in [3.05, 3.63) is 64.9 Å². The third-order valence-electron chi connectivity index (χ3n) is 6.67. The van der Waals surface area contributed by atoms with Crippen LogP contribution >= 0.6 is 11.3 Å². The summed E-state index contributed by atoms with van der Waals surface area (Å²) in [7, 11) is 1.91. The highest BCUT2D eigenvalue weighted by molar-refractivity contribution is 7.09. The lowest BCUT2D eigenvalue weighted by atomic mass is 9.99. The fraction of sp³-hybridized carbons (Fsp3) is 0.296. The van der Waals surface area contributed by atoms with Crippen LogP contribution in [0.15, 0.2) is 54.2 Å². The molecule has 5 aromatic rings. The van der Waals surface area contributed by atoms with E-state index in [0.29, 0.717) is 18.8 Å². The number of fused-ring (bicyclic) bond motifs is 2. The molecule has 0 radical (unpaired) electrons. The second-order valence-electron chi connectivity index (χ2n) is 9.87. The Morgan fingerprint density at radius 1 is 1.25 bits per heavy atom. The molecule has 4 heterocycles. The fourth-order valence-electron chi connectivity index (χ4n) is 4.96. The molecule has 0 atom stereocenters. The zero-order chi connectivity index (χ0) is 24.9. The van der Waals surface area contributed by atoms with Gasteiger partial charge in [0.05, 0.1) is 36.2 Å². The van der Waals surface area contributed by atoms with Crippen molar-refractivity contribution < 1.29 is 9.53 Å². The lowest BCUT2D eigenvalue weighted by molar-refractivity contribution is -0.0882. The number of benzene rings is 2. The van der Waals surface area contributed by atoms with Gasteiger partial charge in [0.25, 0.3) is 5.91 Å². The minimum absolute atomic E-state index is 0.166. The summed E-state index contributed by atoms with van der Waals surface area (Å²) in [5, 5.41) is 12.3. The number of carbonyl (C=O) groups is 1. The van der Waals surface area contributed by atoms with Crippen LogP contribution in [0.4, 0.5) is 5.69 Å². The van der Waals surface area contributed by atoms with Crippen molar-refractivity contribution >= 4 is 44.7 Å². The highest BCUT2D eigenvalue weighted by atomic mass is 32.1. The van der Waals surface area contributed by atoms with Crippen LogP contribution in [0.5, 0.6) is 0 Å². The molecule has 1 amide bonds. The van der Waals surface area contributed by atoms with E-state index >= 15 is 0 Å². The van der Waals surface area contributed by atoms with Gasteiger partial charge < -0.3 is 15.0 Å². The van der Waals surface area contributed by atoms with Crippen LogP contribution < -0.4 is 5.32 Å². The number of carbonyl (C=O) groups excluding carboxylic acids is 1. The van der Waals surface area contributed by atoms with Crippen LogP contribution in [0.2, 0.25) is 0 Å². The molecule has 1 aliphatic rings. The van der Waals surface area contributed by atoms with E-state index in [4.69, 9.17) is 4.74 Å². The lowest BCUT2D eigenvalue weighted by Crippen LogP contribution is -2.47. The van der Waals surface area contributed by atoms with Crippen LogP contribution in [0.25, 0.3) is 32.9 Å². The van der Waals surface area contributed by atoms with E-state index in [-0.39, 0.29) is 11.5 Å². The molecule has 2 N–H and O–H groups in total. The maximum absolute atomic E-state index is 13.3. The van der Waals surface area contributed by atoms with Crippen molar-refractivity contribution in [3.8, 4) is 11.1 Å². The van der Waals surface area contributed by atoms with Gasteiger partial charge in [0, 0.05) is 48.0 Å². The number of hydrogen-bond acceptors (Lipinski definition) is 6. The number of nitrogens with one attached hydrogen (secondary N) is 2. The monoisotopic (exact) mass is 500 g/mol. The molecule has 184 valence electrons. The molecular weight excluding hydrogens is 472 g/mol. The second-order valence-corrected chi connectivity index (χ2v) is 10.8. The number of hydrogen-bond donors (Lipinski definition) is 2. The Labute approximate surface area is 212 Å². The number of anilines is 1. The first-order valence-electron chi connectivity index (χ1n) is 12.0. The molecule has 1 saturated heterocycles. The SMILES string of the molecule is Cn1ncc2c(NC(=O)c3csc(CN4CCOC(C)(C)C4)n3)cc(-c3cccc4[nH]ccc34)cc21. The quantitative estimate of drug-likeness (QED) is 0.353. The average molecular weight is 501 g/mol. The second kappa shape index (κ2) is 8.85. The third-order valence-corrected chi connectivity index (χ3v) is 7.50. The van der Waals surface area contributed by atoms with Gasteiger partial charge in [-0.15, -0.1) is 11.3 Å². The Balaban J connectivity index is 1.28. The van der Waals surface area contributed by atoms with Gasteiger partial charge >= 0.3 is 0 Å². The van der Waals surface area contributed by atoms with E-state index < -0.39 is 0 Å². The van der Waals surface area contributed by atoms with Crippen LogP contribution in [0.1, 0.15) is 29.3 Å². The zero-order valence-corrected chi connectivity index (χ0v) is 21.4. The predicted octanol–water partition coefficient (Wildman–Crippen LogP) is 5.04. The van der Waals surface area contributed by atoms with Gasteiger partial charge in [0.1, 0.15) is 10.7 Å². The standard InChI is InChI=1S/C27H28N6O2S/c1-27(2)16-33(9-10-35-27)14-25-30-23(15-36-25)26(34)31-22-11-17(12-24-20(22)13-29-32(24)3)18-5-4-6-21-19(18)7-8-28-21/h4-8,11-13,15,28H,9-10,14,16H2,1-3H3,(H,31,34). The summed E-state index contributed by atoms with van der Waals surface area (Å²) >= 11 is 1.52. The molecule has 0 aliphatic carbocycles. The van der Waals surface area contributed by atoms with Crippen LogP contribution in [0, 0.1) is 0 Å². The van der Waals surface area contributed by atoms with Crippen molar-refractivity contribution in [2.24, 2.45) is 7.05 Å². The van der Waals surface area contributed by atoms with Crippen molar-refractivity contribution in [2.75, 3.05) is 25.0 Å². The predicted molar refractivity (Wildman–Crippen MR) is 143 cm³/mol. The smallest absolute Gasteiger partial charge is 0.275 e. The topological polar surface area (TPSA) is 88.1 Å². The molecule has 0 unspecified atom stereocenters. The minimum atomic E-state index is -0.220. The number of H-pyrrole nitrogens is 1. The Morgan fingerprint density at radius 2 is 2.14 bits per heavy atom. The Bertz CT molecular complexity index is 1580. The van der Waals surface area contributed by atoms with Crippen LogP contribution in [-0.4, -0.2) is 55.9 Å². The number of thiazole rings is 1. The van der Waals surface area contributed by atoms with E-state index in [9.17, 15) is 4.79 Å². The summed E-state index contributed by atoms with van der Waals surface area (Å²) in [6, 6.07) is 12.4. The fourth-order valence-corrected chi connectivity index (χ4v) is 5.77. The number of morpholine rings is 1. The summed E-state index contributed by atoms with van der Waals surface area (Å²) < 4.78 is 7.64. The average Bonchev–Trinajstić information content (AvgIpc) is 3.59. The van der Waals surface area contributed by atoms with Gasteiger partial charge in [-0.05, 0) is 49.2 Å². The Morgan fingerprint density at radius 3 is 3.00 bits per heavy atom. The maximum Gasteiger partial charge on any atom is 0.275 e. The lowest BCUT2D eigenvalue weighted by Gasteiger charge is -2.37. The van der Waals surface area contributed by atoms with Gasteiger partial charge in [-0.25, -0.2) is 4.98 Å². The number of aromatic amines is 1. The number of nitrogens with zero attached hydrogens (tertiary/aromatic N) is 4. The van der Waals surface area contributed by atoms with E-state index in [1.54, 1.807) is 6.20 Å². The largest absolute Gasteiger partial charge is 0.373 e. The number of aromatic nitrogens is 4. The van der Waals surface area contributed by atoms with Crippen molar-refractivity contribution in [2.45, 2.75) is 26.0 Å². The molecule has 0 saturated carbocycles. The molecule has 1 aliphatic heterocycles. The molecule has 9 heteroatoms. The Kier molecular flexibility index (Phi) is 5.63. The molecule has 0 spiro atoms. The summed E-state index contributed by atoms with van der Waals surface area (Å²) in [5.41, 5.74) is 5.11. The first-order valence-corrected chi connectivity index (χ1v) is 12.9. The van der Waals surface area contributed by atoms with E-state index in [2.05, 4.69) is 63.4 Å². The van der Waals surface area contributed by atoms with Crippen LogP contribution in [-0.2, 0) is 18.3 Å². The Hall–Kier alpha value is -3.53.